The molecule has 1 saturated carbocycles. The summed E-state index contributed by atoms with van der Waals surface area (Å²) in [7, 11) is 0. The van der Waals surface area contributed by atoms with Crippen LogP contribution in [0.1, 0.15) is 25.7 Å². The molecule has 0 aromatic heterocycles. The summed E-state index contributed by atoms with van der Waals surface area (Å²) in [4.78, 5) is 11.2. The average molecular weight is 152 g/mol. The maximum absolute atomic E-state index is 11.2. The molecule has 1 fully saturated rings. The normalized spacial score (nSPS) is 36.2. The summed E-state index contributed by atoms with van der Waals surface area (Å²) < 4.78 is 4.90. The van der Waals surface area contributed by atoms with Crippen molar-refractivity contribution in [1.82, 2.24) is 0 Å². The van der Waals surface area contributed by atoms with Crippen LogP contribution in [0.25, 0.3) is 0 Å². The Hall–Kier alpha value is -0.790. The fraction of sp³-hybridized carbons (Fsp3) is 0.667. The van der Waals surface area contributed by atoms with Crippen molar-refractivity contribution in [2.45, 2.75) is 25.7 Å². The summed E-state index contributed by atoms with van der Waals surface area (Å²) in [5.41, 5.74) is 0. The van der Waals surface area contributed by atoms with E-state index < -0.39 is 0 Å². The second kappa shape index (κ2) is 2.68. The van der Waals surface area contributed by atoms with E-state index >= 15 is 0 Å². The van der Waals surface area contributed by atoms with Crippen molar-refractivity contribution >= 4 is 5.97 Å². The van der Waals surface area contributed by atoms with Crippen molar-refractivity contribution < 1.29 is 9.53 Å². The van der Waals surface area contributed by atoms with Crippen molar-refractivity contribution in [3.63, 3.8) is 0 Å². The van der Waals surface area contributed by atoms with Crippen LogP contribution >= 0.6 is 0 Å². The van der Waals surface area contributed by atoms with Gasteiger partial charge >= 0.3 is 5.97 Å². The lowest BCUT2D eigenvalue weighted by molar-refractivity contribution is -0.143. The molecular formula is C9H12O2. The van der Waals surface area contributed by atoms with E-state index in [1.165, 1.54) is 12.8 Å². The number of allylic oxidation sites excluding steroid dienone is 1. The van der Waals surface area contributed by atoms with Crippen LogP contribution < -0.4 is 0 Å². The number of carbonyl (C=O) groups is 1. The number of fused-ring (bicyclic) bond motifs is 1. The fourth-order valence-corrected chi connectivity index (χ4v) is 2.06. The van der Waals surface area contributed by atoms with Gasteiger partial charge in [0.1, 0.15) is 0 Å². The molecule has 0 aromatic carbocycles. The number of hydrogen-bond acceptors (Lipinski definition) is 2. The Labute approximate surface area is 66.2 Å². The van der Waals surface area contributed by atoms with E-state index in [9.17, 15) is 4.79 Å². The Balaban J connectivity index is 2.15. The van der Waals surface area contributed by atoms with Gasteiger partial charge in [0.05, 0.1) is 12.2 Å². The molecule has 60 valence electrons. The Morgan fingerprint density at radius 3 is 3.27 bits per heavy atom. The predicted molar refractivity (Wildman–Crippen MR) is 40.7 cm³/mol. The standard InChI is InChI=1S/C9H12O2/c10-9-8-5-1-3-7(8)4-2-6-11-9/h2,6-8H,1,3-5H2/t7-,8-/m0/s1. The van der Waals surface area contributed by atoms with E-state index in [0.29, 0.717) is 5.92 Å². The molecule has 2 heteroatoms. The van der Waals surface area contributed by atoms with E-state index in [1.807, 2.05) is 6.08 Å². The first-order chi connectivity index (χ1) is 5.38. The van der Waals surface area contributed by atoms with Gasteiger partial charge in [0, 0.05) is 0 Å². The largest absolute Gasteiger partial charge is 0.435 e. The molecule has 0 saturated heterocycles. The summed E-state index contributed by atoms with van der Waals surface area (Å²) in [6.45, 7) is 0. The zero-order chi connectivity index (χ0) is 7.68. The molecular weight excluding hydrogens is 140 g/mol. The second-order valence-electron chi connectivity index (χ2n) is 3.34. The number of ether oxygens (including phenoxy) is 1. The van der Waals surface area contributed by atoms with Crippen LogP contribution in [0.15, 0.2) is 12.3 Å². The third-order valence-corrected chi connectivity index (χ3v) is 2.68. The molecule has 11 heavy (non-hydrogen) atoms. The van der Waals surface area contributed by atoms with E-state index in [2.05, 4.69) is 0 Å². The molecule has 2 nitrogen and oxygen atoms in total. The summed E-state index contributed by atoms with van der Waals surface area (Å²) in [6.07, 6.45) is 7.96. The fourth-order valence-electron chi connectivity index (χ4n) is 2.06. The Bertz CT molecular complexity index is 196. The van der Waals surface area contributed by atoms with Gasteiger partial charge in [0.2, 0.25) is 0 Å². The Morgan fingerprint density at radius 1 is 1.45 bits per heavy atom. The third-order valence-electron chi connectivity index (χ3n) is 2.68. The Morgan fingerprint density at radius 2 is 2.36 bits per heavy atom. The lowest BCUT2D eigenvalue weighted by Gasteiger charge is -2.11. The highest BCUT2D eigenvalue weighted by atomic mass is 16.5. The summed E-state index contributed by atoms with van der Waals surface area (Å²) >= 11 is 0. The highest BCUT2D eigenvalue weighted by Gasteiger charge is 2.34. The van der Waals surface area contributed by atoms with Gasteiger partial charge in [0.25, 0.3) is 0 Å². The van der Waals surface area contributed by atoms with Crippen molar-refractivity contribution in [3.05, 3.63) is 12.3 Å². The van der Waals surface area contributed by atoms with E-state index in [-0.39, 0.29) is 11.9 Å². The van der Waals surface area contributed by atoms with Gasteiger partial charge in [-0.15, -0.1) is 0 Å². The lowest BCUT2D eigenvalue weighted by Crippen LogP contribution is -2.17. The first-order valence-electron chi connectivity index (χ1n) is 4.23. The highest BCUT2D eigenvalue weighted by Crippen LogP contribution is 2.36. The first kappa shape index (κ1) is 6.89. The SMILES string of the molecule is O=C1OC=CC[C@@H]2CCC[C@H]12. The van der Waals surface area contributed by atoms with Crippen LogP contribution in [0, 0.1) is 11.8 Å². The minimum Gasteiger partial charge on any atom is -0.435 e. The van der Waals surface area contributed by atoms with E-state index in [0.717, 1.165) is 12.8 Å². The molecule has 0 N–H and O–H groups in total. The van der Waals surface area contributed by atoms with Gasteiger partial charge < -0.3 is 4.74 Å². The molecule has 0 unspecified atom stereocenters. The zero-order valence-electron chi connectivity index (χ0n) is 6.45. The van der Waals surface area contributed by atoms with Crippen LogP contribution in [0.5, 0.6) is 0 Å². The molecule has 1 aliphatic heterocycles. The maximum Gasteiger partial charge on any atom is 0.314 e. The molecule has 0 aromatic rings. The zero-order valence-corrected chi connectivity index (χ0v) is 6.45. The van der Waals surface area contributed by atoms with Crippen LogP contribution in [0.4, 0.5) is 0 Å². The van der Waals surface area contributed by atoms with Gasteiger partial charge in [-0.1, -0.05) is 6.42 Å². The summed E-state index contributed by atoms with van der Waals surface area (Å²) in [5, 5.41) is 0. The first-order valence-corrected chi connectivity index (χ1v) is 4.23. The maximum atomic E-state index is 11.2. The molecule has 0 radical (unpaired) electrons. The van der Waals surface area contributed by atoms with Crippen LogP contribution in [-0.4, -0.2) is 5.97 Å². The number of cyclic esters (lactones) is 1. The molecule has 2 atom stereocenters. The minimum absolute atomic E-state index is 0.0127. The number of esters is 1. The van der Waals surface area contributed by atoms with Crippen molar-refractivity contribution in [3.8, 4) is 0 Å². The number of carbonyl (C=O) groups excluding carboxylic acids is 1. The molecule has 0 bridgehead atoms. The van der Waals surface area contributed by atoms with Gasteiger partial charge in [-0.3, -0.25) is 4.79 Å². The van der Waals surface area contributed by atoms with Crippen LogP contribution in [0.2, 0.25) is 0 Å². The van der Waals surface area contributed by atoms with Crippen molar-refractivity contribution in [2.75, 3.05) is 0 Å². The van der Waals surface area contributed by atoms with Crippen LogP contribution in [-0.2, 0) is 9.53 Å². The second-order valence-corrected chi connectivity index (χ2v) is 3.34. The Kier molecular flexibility index (Phi) is 1.68. The number of rotatable bonds is 0. The minimum atomic E-state index is -0.0127. The highest BCUT2D eigenvalue weighted by molar-refractivity contribution is 5.74. The smallest absolute Gasteiger partial charge is 0.314 e. The molecule has 2 rings (SSSR count). The molecule has 1 aliphatic carbocycles. The van der Waals surface area contributed by atoms with Crippen molar-refractivity contribution in [2.24, 2.45) is 11.8 Å². The quantitative estimate of drug-likeness (QED) is 0.495. The molecule has 0 spiro atoms. The van der Waals surface area contributed by atoms with Gasteiger partial charge in [-0.25, -0.2) is 0 Å². The van der Waals surface area contributed by atoms with Gasteiger partial charge in [-0.05, 0) is 31.3 Å². The van der Waals surface area contributed by atoms with Crippen molar-refractivity contribution in [1.29, 1.82) is 0 Å². The summed E-state index contributed by atoms with van der Waals surface area (Å²) in [5.74, 6) is 0.757. The third kappa shape index (κ3) is 1.17. The average Bonchev–Trinajstić information content (AvgIpc) is 2.40. The molecule has 2 aliphatic rings. The van der Waals surface area contributed by atoms with E-state index in [4.69, 9.17) is 4.74 Å². The van der Waals surface area contributed by atoms with Gasteiger partial charge in [-0.2, -0.15) is 0 Å². The van der Waals surface area contributed by atoms with Crippen LogP contribution in [0.3, 0.4) is 0 Å². The predicted octanol–water partition coefficient (Wildman–Crippen LogP) is 1.86. The van der Waals surface area contributed by atoms with Gasteiger partial charge in [0.15, 0.2) is 0 Å². The topological polar surface area (TPSA) is 26.3 Å². The monoisotopic (exact) mass is 152 g/mol. The summed E-state index contributed by atoms with van der Waals surface area (Å²) in [6, 6.07) is 0. The molecule has 0 amide bonds. The molecule has 1 heterocycles. The lowest BCUT2D eigenvalue weighted by atomic mass is 9.94. The number of hydrogen-bond donors (Lipinski definition) is 0. The van der Waals surface area contributed by atoms with E-state index in [1.54, 1.807) is 6.26 Å².